The number of anilines is 1. The maximum Gasteiger partial charge on any atom is 0.300 e. The van der Waals surface area contributed by atoms with Gasteiger partial charge in [-0.2, -0.15) is 0 Å². The lowest BCUT2D eigenvalue weighted by molar-refractivity contribution is -0.111. The quantitative estimate of drug-likeness (QED) is 0.534. The van der Waals surface area contributed by atoms with E-state index in [4.69, 9.17) is 11.6 Å². The molecule has 156 valence electrons. The first-order chi connectivity index (χ1) is 15.1. The minimum Gasteiger partial charge on any atom is -0.313 e. The van der Waals surface area contributed by atoms with Crippen LogP contribution in [0.1, 0.15) is 24.0 Å². The van der Waals surface area contributed by atoms with Gasteiger partial charge in [-0.25, -0.2) is 4.39 Å². The number of hydrogen-bond acceptors (Lipinski definition) is 2. The van der Waals surface area contributed by atoms with Crippen molar-refractivity contribution in [2.24, 2.45) is 0 Å². The van der Waals surface area contributed by atoms with Gasteiger partial charge in [-0.1, -0.05) is 47.9 Å². The van der Waals surface area contributed by atoms with E-state index in [1.54, 1.807) is 18.2 Å². The topological polar surface area (TPSA) is 32.3 Å². The van der Waals surface area contributed by atoms with Crippen molar-refractivity contribution in [2.45, 2.75) is 19.4 Å². The number of hydrogen-bond donors (Lipinski definition) is 1. The number of amides is 1. The van der Waals surface area contributed by atoms with E-state index >= 15 is 0 Å². The number of likely N-dealkylation sites (tertiary alicyclic amines) is 1. The SMILES string of the molecule is O=C(C#Cc1ccc(CN2CCCC2)cc1)Nc1ccc(-c2ccc(Cl)cc2)cc1F. The highest BCUT2D eigenvalue weighted by Crippen LogP contribution is 2.25. The van der Waals surface area contributed by atoms with Gasteiger partial charge >= 0.3 is 5.91 Å². The molecule has 4 rings (SSSR count). The first-order valence-corrected chi connectivity index (χ1v) is 10.6. The summed E-state index contributed by atoms with van der Waals surface area (Å²) in [6.07, 6.45) is 2.53. The Bertz CT molecular complexity index is 1120. The van der Waals surface area contributed by atoms with Gasteiger partial charge in [0, 0.05) is 23.1 Å². The fourth-order valence-corrected chi connectivity index (χ4v) is 3.74. The van der Waals surface area contributed by atoms with Crippen LogP contribution in [-0.4, -0.2) is 23.9 Å². The lowest BCUT2D eigenvalue weighted by Gasteiger charge is -2.14. The Morgan fingerprint density at radius 1 is 0.968 bits per heavy atom. The van der Waals surface area contributed by atoms with Gasteiger partial charge in [0.1, 0.15) is 5.82 Å². The van der Waals surface area contributed by atoms with Crippen molar-refractivity contribution >= 4 is 23.2 Å². The van der Waals surface area contributed by atoms with Gasteiger partial charge in [0.05, 0.1) is 5.69 Å². The van der Waals surface area contributed by atoms with Crippen LogP contribution >= 0.6 is 11.6 Å². The highest BCUT2D eigenvalue weighted by molar-refractivity contribution is 6.30. The zero-order chi connectivity index (χ0) is 21.6. The van der Waals surface area contributed by atoms with Gasteiger partial charge in [0.15, 0.2) is 0 Å². The van der Waals surface area contributed by atoms with E-state index in [0.717, 1.165) is 30.8 Å². The molecule has 0 spiro atoms. The number of halogens is 2. The number of nitrogens with zero attached hydrogens (tertiary/aromatic N) is 1. The maximum absolute atomic E-state index is 14.5. The van der Waals surface area contributed by atoms with Crippen molar-refractivity contribution in [3.8, 4) is 23.0 Å². The van der Waals surface area contributed by atoms with Crippen LogP contribution in [0.3, 0.4) is 0 Å². The average molecular weight is 433 g/mol. The molecule has 0 radical (unpaired) electrons. The van der Waals surface area contributed by atoms with Gasteiger partial charge in [-0.05, 0) is 79.0 Å². The van der Waals surface area contributed by atoms with Crippen molar-refractivity contribution in [2.75, 3.05) is 18.4 Å². The van der Waals surface area contributed by atoms with Crippen LogP contribution in [-0.2, 0) is 11.3 Å². The third-order valence-electron chi connectivity index (χ3n) is 5.27. The van der Waals surface area contributed by atoms with Gasteiger partial charge in [0.25, 0.3) is 0 Å². The predicted octanol–water partition coefficient (Wildman–Crippen LogP) is 5.73. The van der Waals surface area contributed by atoms with Crippen LogP contribution in [0.2, 0.25) is 5.02 Å². The van der Waals surface area contributed by atoms with E-state index in [-0.39, 0.29) is 5.69 Å². The molecule has 3 aromatic carbocycles. The van der Waals surface area contributed by atoms with E-state index in [0.29, 0.717) is 10.6 Å². The smallest absolute Gasteiger partial charge is 0.300 e. The molecular formula is C26H22ClFN2O. The molecule has 3 aromatic rings. The zero-order valence-corrected chi connectivity index (χ0v) is 17.8. The summed E-state index contributed by atoms with van der Waals surface area (Å²) in [7, 11) is 0. The minimum atomic E-state index is -0.556. The molecule has 3 nitrogen and oxygen atoms in total. The molecular weight excluding hydrogens is 411 g/mol. The van der Waals surface area contributed by atoms with Crippen LogP contribution in [0.4, 0.5) is 10.1 Å². The van der Waals surface area contributed by atoms with Crippen LogP contribution in [0.5, 0.6) is 0 Å². The van der Waals surface area contributed by atoms with E-state index in [1.807, 2.05) is 36.4 Å². The Labute approximate surface area is 186 Å². The first-order valence-electron chi connectivity index (χ1n) is 10.3. The Hall–Kier alpha value is -3.13. The van der Waals surface area contributed by atoms with Crippen molar-refractivity contribution in [1.29, 1.82) is 0 Å². The van der Waals surface area contributed by atoms with E-state index in [9.17, 15) is 9.18 Å². The third kappa shape index (κ3) is 5.73. The fourth-order valence-electron chi connectivity index (χ4n) is 3.61. The molecule has 0 aliphatic carbocycles. The maximum atomic E-state index is 14.5. The lowest BCUT2D eigenvalue weighted by Crippen LogP contribution is -2.18. The van der Waals surface area contributed by atoms with Crippen molar-refractivity contribution in [1.82, 2.24) is 4.90 Å². The Kier molecular flexibility index (Phi) is 6.66. The summed E-state index contributed by atoms with van der Waals surface area (Å²) in [5, 5.41) is 3.13. The fraction of sp³-hybridized carbons (Fsp3) is 0.192. The summed E-state index contributed by atoms with van der Waals surface area (Å²) in [4.78, 5) is 14.6. The molecule has 0 bridgehead atoms. The molecule has 0 atom stereocenters. The van der Waals surface area contributed by atoms with Crippen LogP contribution in [0.15, 0.2) is 66.7 Å². The molecule has 1 aliphatic heterocycles. The predicted molar refractivity (Wildman–Crippen MR) is 123 cm³/mol. The molecule has 0 unspecified atom stereocenters. The second-order valence-electron chi connectivity index (χ2n) is 7.59. The molecule has 1 heterocycles. The Morgan fingerprint density at radius 2 is 1.65 bits per heavy atom. The number of rotatable bonds is 4. The summed E-state index contributed by atoms with van der Waals surface area (Å²) < 4.78 is 14.5. The van der Waals surface area contributed by atoms with Crippen LogP contribution in [0, 0.1) is 17.7 Å². The second-order valence-corrected chi connectivity index (χ2v) is 8.02. The highest BCUT2D eigenvalue weighted by Gasteiger charge is 2.11. The molecule has 31 heavy (non-hydrogen) atoms. The zero-order valence-electron chi connectivity index (χ0n) is 17.0. The Morgan fingerprint density at radius 3 is 2.32 bits per heavy atom. The molecule has 0 aromatic heterocycles. The summed E-state index contributed by atoms with van der Waals surface area (Å²) >= 11 is 5.89. The number of nitrogens with one attached hydrogen (secondary N) is 1. The molecule has 1 fully saturated rings. The lowest BCUT2D eigenvalue weighted by atomic mass is 10.1. The minimum absolute atomic E-state index is 0.0953. The average Bonchev–Trinajstić information content (AvgIpc) is 3.28. The number of benzene rings is 3. The Balaban J connectivity index is 1.37. The van der Waals surface area contributed by atoms with Crippen LogP contribution < -0.4 is 5.32 Å². The summed E-state index contributed by atoms with van der Waals surface area (Å²) in [5.41, 5.74) is 3.62. The van der Waals surface area contributed by atoms with Crippen LogP contribution in [0.25, 0.3) is 11.1 Å². The third-order valence-corrected chi connectivity index (χ3v) is 5.53. The molecule has 0 saturated carbocycles. The summed E-state index contributed by atoms with van der Waals surface area (Å²) in [6.45, 7) is 3.25. The molecule has 1 amide bonds. The van der Waals surface area contributed by atoms with Crippen molar-refractivity contribution in [3.05, 3.63) is 88.7 Å². The standard InChI is InChI=1S/C26H22ClFN2O/c27-23-11-8-21(9-12-23)22-10-13-25(24(28)17-22)29-26(31)14-7-19-3-5-20(6-4-19)18-30-15-1-2-16-30/h3-6,8-13,17H,1-2,15-16,18H2,(H,29,31). The summed E-state index contributed by atoms with van der Waals surface area (Å²) in [6, 6.07) is 19.7. The van der Waals surface area contributed by atoms with E-state index in [2.05, 4.69) is 22.1 Å². The molecule has 1 saturated heterocycles. The number of carbonyl (C=O) groups excluding carboxylic acids is 1. The van der Waals surface area contributed by atoms with Crippen molar-refractivity contribution in [3.63, 3.8) is 0 Å². The van der Waals surface area contributed by atoms with Gasteiger partial charge in [-0.15, -0.1) is 0 Å². The second kappa shape index (κ2) is 9.78. The van der Waals surface area contributed by atoms with Gasteiger partial charge in [-0.3, -0.25) is 9.69 Å². The normalized spacial score (nSPS) is 13.5. The largest absolute Gasteiger partial charge is 0.313 e. The monoisotopic (exact) mass is 432 g/mol. The van der Waals surface area contributed by atoms with Gasteiger partial charge < -0.3 is 5.32 Å². The molecule has 1 aliphatic rings. The molecule has 1 N–H and O–H groups in total. The van der Waals surface area contributed by atoms with Gasteiger partial charge in [0.2, 0.25) is 0 Å². The van der Waals surface area contributed by atoms with E-state index in [1.165, 1.54) is 30.5 Å². The van der Waals surface area contributed by atoms with E-state index < -0.39 is 11.7 Å². The summed E-state index contributed by atoms with van der Waals surface area (Å²) in [5.74, 6) is 4.29. The molecule has 5 heteroatoms. The van der Waals surface area contributed by atoms with Crippen molar-refractivity contribution < 1.29 is 9.18 Å². The number of carbonyl (C=O) groups is 1. The highest BCUT2D eigenvalue weighted by atomic mass is 35.5. The first kappa shape index (κ1) is 21.1.